The summed E-state index contributed by atoms with van der Waals surface area (Å²) < 4.78 is 5.92. The number of rotatable bonds is 9. The third kappa shape index (κ3) is 7.95. The summed E-state index contributed by atoms with van der Waals surface area (Å²) in [5.74, 6) is 0.658. The van der Waals surface area contributed by atoms with Crippen molar-refractivity contribution in [1.29, 1.82) is 0 Å². The number of likely N-dealkylation sites (tertiary alicyclic amines) is 1. The summed E-state index contributed by atoms with van der Waals surface area (Å²) in [5.41, 5.74) is 0. The number of hydrogen-bond donors (Lipinski definition) is 2. The van der Waals surface area contributed by atoms with E-state index in [1.165, 1.54) is 51.5 Å². The lowest BCUT2D eigenvalue weighted by Crippen LogP contribution is -2.40. The minimum atomic E-state index is -0.0633. The van der Waals surface area contributed by atoms with Crippen molar-refractivity contribution in [3.8, 4) is 0 Å². The molecular formula is C20H39N3O2. The Bertz CT molecular complexity index is 378. The van der Waals surface area contributed by atoms with E-state index in [0.717, 1.165) is 32.0 Å². The molecule has 0 spiro atoms. The molecule has 1 aliphatic heterocycles. The quantitative estimate of drug-likeness (QED) is 0.624. The molecule has 25 heavy (non-hydrogen) atoms. The van der Waals surface area contributed by atoms with E-state index in [9.17, 15) is 4.79 Å². The fourth-order valence-corrected chi connectivity index (χ4v) is 4.10. The first-order chi connectivity index (χ1) is 12.2. The zero-order valence-corrected chi connectivity index (χ0v) is 16.4. The number of unbranched alkanes of at least 4 members (excludes halogenated alkanes) is 1. The Labute approximate surface area is 154 Å². The number of nitrogens with zero attached hydrogens (tertiary/aromatic N) is 1. The van der Waals surface area contributed by atoms with Gasteiger partial charge in [-0.2, -0.15) is 0 Å². The summed E-state index contributed by atoms with van der Waals surface area (Å²) >= 11 is 0. The minimum Gasteiger partial charge on any atom is -0.376 e. The lowest BCUT2D eigenvalue weighted by Gasteiger charge is -2.33. The SMILES string of the molecule is CC1CCCCC1OCCNC(=O)NCCCCN1CCCCC1C. The number of carbonyl (C=O) groups is 1. The van der Waals surface area contributed by atoms with Gasteiger partial charge in [0.05, 0.1) is 12.7 Å². The van der Waals surface area contributed by atoms with Crippen molar-refractivity contribution in [1.82, 2.24) is 15.5 Å². The van der Waals surface area contributed by atoms with E-state index >= 15 is 0 Å². The highest BCUT2D eigenvalue weighted by Gasteiger charge is 2.21. The van der Waals surface area contributed by atoms with Gasteiger partial charge in [0, 0.05) is 19.1 Å². The average molecular weight is 354 g/mol. The van der Waals surface area contributed by atoms with Crippen LogP contribution in [0.1, 0.15) is 71.6 Å². The molecule has 2 aliphatic rings. The molecule has 3 unspecified atom stereocenters. The van der Waals surface area contributed by atoms with Gasteiger partial charge in [0.2, 0.25) is 0 Å². The van der Waals surface area contributed by atoms with E-state index in [2.05, 4.69) is 29.4 Å². The number of urea groups is 1. The van der Waals surface area contributed by atoms with Gasteiger partial charge in [0.1, 0.15) is 0 Å². The maximum atomic E-state index is 11.8. The molecule has 146 valence electrons. The Hall–Kier alpha value is -0.810. The molecule has 2 rings (SSSR count). The number of hydrogen-bond acceptors (Lipinski definition) is 3. The molecule has 1 heterocycles. The van der Waals surface area contributed by atoms with E-state index < -0.39 is 0 Å². The van der Waals surface area contributed by atoms with Crippen LogP contribution in [-0.2, 0) is 4.74 Å². The van der Waals surface area contributed by atoms with Gasteiger partial charge in [-0.05, 0) is 64.5 Å². The first kappa shape index (κ1) is 20.5. The topological polar surface area (TPSA) is 53.6 Å². The number of carbonyl (C=O) groups excluding carboxylic acids is 1. The maximum absolute atomic E-state index is 11.8. The van der Waals surface area contributed by atoms with Crippen LogP contribution in [0, 0.1) is 5.92 Å². The van der Waals surface area contributed by atoms with Gasteiger partial charge < -0.3 is 20.3 Å². The van der Waals surface area contributed by atoms with Gasteiger partial charge in [-0.25, -0.2) is 4.79 Å². The van der Waals surface area contributed by atoms with E-state index in [-0.39, 0.29) is 6.03 Å². The van der Waals surface area contributed by atoms with Gasteiger partial charge in [0.25, 0.3) is 0 Å². The molecule has 0 aromatic carbocycles. The lowest BCUT2D eigenvalue weighted by molar-refractivity contribution is -0.00242. The van der Waals surface area contributed by atoms with Crippen molar-refractivity contribution in [3.63, 3.8) is 0 Å². The van der Waals surface area contributed by atoms with Crippen LogP contribution in [0.2, 0.25) is 0 Å². The Morgan fingerprint density at radius 1 is 1.00 bits per heavy atom. The number of ether oxygens (including phenoxy) is 1. The fraction of sp³-hybridized carbons (Fsp3) is 0.950. The van der Waals surface area contributed by atoms with Gasteiger partial charge in [-0.3, -0.25) is 0 Å². The van der Waals surface area contributed by atoms with Crippen molar-refractivity contribution < 1.29 is 9.53 Å². The van der Waals surface area contributed by atoms with Gasteiger partial charge in [0.15, 0.2) is 0 Å². The molecule has 0 aromatic rings. The number of amides is 2. The van der Waals surface area contributed by atoms with E-state index in [0.29, 0.717) is 25.2 Å². The van der Waals surface area contributed by atoms with Crippen molar-refractivity contribution in [2.75, 3.05) is 32.8 Å². The summed E-state index contributed by atoms with van der Waals surface area (Å²) in [6, 6.07) is 0.670. The maximum Gasteiger partial charge on any atom is 0.314 e. The summed E-state index contributed by atoms with van der Waals surface area (Å²) in [4.78, 5) is 14.4. The molecule has 0 aromatic heterocycles. The van der Waals surface area contributed by atoms with Crippen LogP contribution in [0.15, 0.2) is 0 Å². The molecule has 3 atom stereocenters. The van der Waals surface area contributed by atoms with Crippen LogP contribution in [0.3, 0.4) is 0 Å². The van der Waals surface area contributed by atoms with Crippen LogP contribution in [0.4, 0.5) is 4.79 Å². The first-order valence-electron chi connectivity index (χ1n) is 10.5. The Morgan fingerprint density at radius 3 is 2.56 bits per heavy atom. The van der Waals surface area contributed by atoms with Crippen LogP contribution >= 0.6 is 0 Å². The zero-order valence-electron chi connectivity index (χ0n) is 16.4. The van der Waals surface area contributed by atoms with Crippen LogP contribution < -0.4 is 10.6 Å². The molecular weight excluding hydrogens is 314 g/mol. The predicted molar refractivity (Wildman–Crippen MR) is 103 cm³/mol. The number of piperidine rings is 1. The molecule has 2 amide bonds. The fourth-order valence-electron chi connectivity index (χ4n) is 4.10. The monoisotopic (exact) mass is 353 g/mol. The second-order valence-electron chi connectivity index (χ2n) is 7.94. The molecule has 0 bridgehead atoms. The van der Waals surface area contributed by atoms with Crippen LogP contribution in [-0.4, -0.2) is 55.9 Å². The second-order valence-corrected chi connectivity index (χ2v) is 7.94. The summed E-state index contributed by atoms with van der Waals surface area (Å²) in [6.07, 6.45) is 11.7. The molecule has 2 N–H and O–H groups in total. The first-order valence-corrected chi connectivity index (χ1v) is 10.5. The Morgan fingerprint density at radius 2 is 1.76 bits per heavy atom. The summed E-state index contributed by atoms with van der Waals surface area (Å²) in [6.45, 7) is 8.99. The molecule has 5 heteroatoms. The molecule has 1 saturated carbocycles. The highest BCUT2D eigenvalue weighted by atomic mass is 16.5. The second kappa shape index (κ2) is 11.7. The molecule has 1 saturated heterocycles. The molecule has 2 fully saturated rings. The highest BCUT2D eigenvalue weighted by Crippen LogP contribution is 2.25. The molecule has 0 radical (unpaired) electrons. The van der Waals surface area contributed by atoms with Crippen molar-refractivity contribution in [3.05, 3.63) is 0 Å². The van der Waals surface area contributed by atoms with E-state index in [4.69, 9.17) is 4.74 Å². The lowest BCUT2D eigenvalue weighted by atomic mass is 9.88. The van der Waals surface area contributed by atoms with Crippen molar-refractivity contribution in [2.45, 2.75) is 83.8 Å². The van der Waals surface area contributed by atoms with E-state index in [1.54, 1.807) is 0 Å². The smallest absolute Gasteiger partial charge is 0.314 e. The van der Waals surface area contributed by atoms with Gasteiger partial charge in [-0.1, -0.05) is 26.2 Å². The number of nitrogens with one attached hydrogen (secondary N) is 2. The van der Waals surface area contributed by atoms with E-state index in [1.807, 2.05) is 0 Å². The Balaban J connectivity index is 1.42. The minimum absolute atomic E-state index is 0.0633. The average Bonchev–Trinajstić information content (AvgIpc) is 2.61. The summed E-state index contributed by atoms with van der Waals surface area (Å²) in [7, 11) is 0. The standard InChI is InChI=1S/C20H39N3O2/c1-17-9-3-4-11-19(17)25-16-13-22-20(24)21-12-6-8-15-23-14-7-5-10-18(23)2/h17-19H,3-16H2,1-2H3,(H2,21,22,24). The van der Waals surface area contributed by atoms with Crippen LogP contribution in [0.5, 0.6) is 0 Å². The molecule has 1 aliphatic carbocycles. The normalized spacial score (nSPS) is 27.8. The van der Waals surface area contributed by atoms with Crippen LogP contribution in [0.25, 0.3) is 0 Å². The predicted octanol–water partition coefficient (Wildman–Crippen LogP) is 3.54. The van der Waals surface area contributed by atoms with Gasteiger partial charge >= 0.3 is 6.03 Å². The third-order valence-electron chi connectivity index (χ3n) is 5.85. The third-order valence-corrected chi connectivity index (χ3v) is 5.85. The largest absolute Gasteiger partial charge is 0.376 e. The highest BCUT2D eigenvalue weighted by molar-refractivity contribution is 5.73. The van der Waals surface area contributed by atoms with Crippen molar-refractivity contribution >= 4 is 6.03 Å². The Kier molecular flexibility index (Phi) is 9.63. The zero-order chi connectivity index (χ0) is 17.9. The summed E-state index contributed by atoms with van der Waals surface area (Å²) in [5, 5.41) is 5.85. The van der Waals surface area contributed by atoms with Crippen molar-refractivity contribution in [2.24, 2.45) is 5.92 Å². The molecule has 5 nitrogen and oxygen atoms in total. The van der Waals surface area contributed by atoms with Gasteiger partial charge in [-0.15, -0.1) is 0 Å².